The molecule has 0 unspecified atom stereocenters. The highest BCUT2D eigenvalue weighted by molar-refractivity contribution is 9.10. The quantitative estimate of drug-likeness (QED) is 0.809. The van der Waals surface area contributed by atoms with Crippen molar-refractivity contribution in [2.45, 2.75) is 11.8 Å². The van der Waals surface area contributed by atoms with E-state index in [0.29, 0.717) is 27.2 Å². The molecule has 0 aliphatic carbocycles. The summed E-state index contributed by atoms with van der Waals surface area (Å²) >= 11 is 3.26. The van der Waals surface area contributed by atoms with Crippen LogP contribution in [0, 0.1) is 6.92 Å². The monoisotopic (exact) mass is 370 g/mol. The van der Waals surface area contributed by atoms with E-state index in [1.165, 1.54) is 13.2 Å². The number of benzene rings is 2. The molecule has 0 amide bonds. The fourth-order valence-corrected chi connectivity index (χ4v) is 3.83. The Labute approximate surface area is 132 Å². The van der Waals surface area contributed by atoms with E-state index in [2.05, 4.69) is 20.7 Å². The molecular formula is C14H15BrN2O3S. The predicted molar refractivity (Wildman–Crippen MR) is 87.1 cm³/mol. The summed E-state index contributed by atoms with van der Waals surface area (Å²) in [5.41, 5.74) is 7.16. The number of sulfonamides is 1. The van der Waals surface area contributed by atoms with Crippen molar-refractivity contribution in [1.82, 2.24) is 0 Å². The van der Waals surface area contributed by atoms with E-state index in [1.54, 1.807) is 37.3 Å². The highest BCUT2D eigenvalue weighted by atomic mass is 79.9. The van der Waals surface area contributed by atoms with Crippen molar-refractivity contribution in [1.29, 1.82) is 0 Å². The zero-order valence-electron chi connectivity index (χ0n) is 11.6. The van der Waals surface area contributed by atoms with Crippen molar-refractivity contribution < 1.29 is 13.2 Å². The Morgan fingerprint density at radius 3 is 2.62 bits per heavy atom. The first-order valence-electron chi connectivity index (χ1n) is 6.06. The molecule has 0 radical (unpaired) electrons. The summed E-state index contributed by atoms with van der Waals surface area (Å²) in [5, 5.41) is 0. The summed E-state index contributed by atoms with van der Waals surface area (Å²) in [4.78, 5) is 0.136. The minimum absolute atomic E-state index is 0.136. The molecule has 0 aromatic heterocycles. The fourth-order valence-electron chi connectivity index (χ4n) is 1.85. The van der Waals surface area contributed by atoms with Gasteiger partial charge in [0.25, 0.3) is 10.0 Å². The van der Waals surface area contributed by atoms with Gasteiger partial charge in [-0.3, -0.25) is 4.72 Å². The van der Waals surface area contributed by atoms with E-state index in [4.69, 9.17) is 10.5 Å². The molecule has 2 aromatic rings. The third-order valence-electron chi connectivity index (χ3n) is 2.98. The molecule has 0 aliphatic rings. The number of hydrogen-bond donors (Lipinski definition) is 2. The van der Waals surface area contributed by atoms with Crippen LogP contribution in [0.5, 0.6) is 5.75 Å². The van der Waals surface area contributed by atoms with E-state index in [0.717, 1.165) is 0 Å². The maximum absolute atomic E-state index is 12.5. The van der Waals surface area contributed by atoms with Gasteiger partial charge in [0, 0.05) is 16.2 Å². The van der Waals surface area contributed by atoms with Crippen molar-refractivity contribution in [3.63, 3.8) is 0 Å². The van der Waals surface area contributed by atoms with E-state index in [1.807, 2.05) is 0 Å². The first-order chi connectivity index (χ1) is 9.83. The van der Waals surface area contributed by atoms with E-state index < -0.39 is 10.0 Å². The summed E-state index contributed by atoms with van der Waals surface area (Å²) in [6.07, 6.45) is 0. The number of ether oxygens (including phenoxy) is 1. The lowest BCUT2D eigenvalue weighted by molar-refractivity contribution is 0.415. The highest BCUT2D eigenvalue weighted by Crippen LogP contribution is 2.28. The van der Waals surface area contributed by atoms with Crippen molar-refractivity contribution in [3.05, 3.63) is 46.4 Å². The zero-order chi connectivity index (χ0) is 15.6. The van der Waals surface area contributed by atoms with Crippen LogP contribution in [-0.2, 0) is 10.0 Å². The van der Waals surface area contributed by atoms with Crippen molar-refractivity contribution in [3.8, 4) is 5.75 Å². The second-order valence-corrected chi connectivity index (χ2v) is 7.02. The number of methoxy groups -OCH3 is 1. The number of rotatable bonds is 4. The van der Waals surface area contributed by atoms with Crippen molar-refractivity contribution >= 4 is 37.3 Å². The van der Waals surface area contributed by atoms with Gasteiger partial charge in [0.05, 0.1) is 17.7 Å². The molecule has 0 saturated carbocycles. The molecule has 0 aliphatic heterocycles. The van der Waals surface area contributed by atoms with Crippen LogP contribution in [0.4, 0.5) is 11.4 Å². The highest BCUT2D eigenvalue weighted by Gasteiger charge is 2.19. The predicted octanol–water partition coefficient (Wildman–Crippen LogP) is 3.15. The van der Waals surface area contributed by atoms with Crippen LogP contribution in [0.1, 0.15) is 5.56 Å². The van der Waals surface area contributed by atoms with Crippen molar-refractivity contribution in [2.75, 3.05) is 17.6 Å². The SMILES string of the molecule is COc1cccc(NS(=O)(=O)c2cc(Br)cc(N)c2C)c1. The molecule has 7 heteroatoms. The summed E-state index contributed by atoms with van der Waals surface area (Å²) in [6, 6.07) is 9.89. The minimum atomic E-state index is -3.73. The summed E-state index contributed by atoms with van der Waals surface area (Å²) in [5.74, 6) is 0.570. The average molecular weight is 371 g/mol. The first kappa shape index (κ1) is 15.7. The molecule has 2 aromatic carbocycles. The van der Waals surface area contributed by atoms with Crippen LogP contribution >= 0.6 is 15.9 Å². The molecule has 0 bridgehead atoms. The molecule has 112 valence electrons. The molecule has 0 saturated heterocycles. The molecule has 2 rings (SSSR count). The number of nitrogens with two attached hydrogens (primary N) is 1. The Hall–Kier alpha value is -1.73. The van der Waals surface area contributed by atoms with Crippen LogP contribution in [0.3, 0.4) is 0 Å². The topological polar surface area (TPSA) is 81.4 Å². The Kier molecular flexibility index (Phi) is 4.43. The van der Waals surface area contributed by atoms with Gasteiger partial charge in [-0.05, 0) is 36.8 Å². The maximum Gasteiger partial charge on any atom is 0.262 e. The third kappa shape index (κ3) is 3.48. The lowest BCUT2D eigenvalue weighted by atomic mass is 10.2. The van der Waals surface area contributed by atoms with Crippen LogP contribution in [0.25, 0.3) is 0 Å². The van der Waals surface area contributed by atoms with E-state index in [9.17, 15) is 8.42 Å². The molecule has 0 heterocycles. The van der Waals surface area contributed by atoms with Gasteiger partial charge in [0.15, 0.2) is 0 Å². The van der Waals surface area contributed by atoms with Crippen LogP contribution in [0.2, 0.25) is 0 Å². The van der Waals surface area contributed by atoms with Gasteiger partial charge in [-0.2, -0.15) is 0 Å². The number of halogens is 1. The van der Waals surface area contributed by atoms with Crippen LogP contribution < -0.4 is 15.2 Å². The zero-order valence-corrected chi connectivity index (χ0v) is 14.0. The molecule has 0 atom stereocenters. The van der Waals surface area contributed by atoms with E-state index >= 15 is 0 Å². The first-order valence-corrected chi connectivity index (χ1v) is 8.33. The molecule has 0 fully saturated rings. The van der Waals surface area contributed by atoms with Gasteiger partial charge in [-0.1, -0.05) is 22.0 Å². The van der Waals surface area contributed by atoms with Crippen LogP contribution in [0.15, 0.2) is 45.8 Å². The molecule has 0 spiro atoms. The van der Waals surface area contributed by atoms with Crippen LogP contribution in [-0.4, -0.2) is 15.5 Å². The van der Waals surface area contributed by atoms with E-state index in [-0.39, 0.29) is 4.90 Å². The number of nitrogens with one attached hydrogen (secondary N) is 1. The van der Waals surface area contributed by atoms with Gasteiger partial charge in [0.2, 0.25) is 0 Å². The van der Waals surface area contributed by atoms with Gasteiger partial charge >= 0.3 is 0 Å². The maximum atomic E-state index is 12.5. The molecular weight excluding hydrogens is 356 g/mol. The van der Waals surface area contributed by atoms with Gasteiger partial charge in [-0.15, -0.1) is 0 Å². The van der Waals surface area contributed by atoms with Gasteiger partial charge in [-0.25, -0.2) is 8.42 Å². The van der Waals surface area contributed by atoms with Gasteiger partial charge in [0.1, 0.15) is 5.75 Å². The van der Waals surface area contributed by atoms with Gasteiger partial charge < -0.3 is 10.5 Å². The normalized spacial score (nSPS) is 11.2. The Morgan fingerprint density at radius 1 is 1.24 bits per heavy atom. The average Bonchev–Trinajstić information content (AvgIpc) is 2.42. The molecule has 3 N–H and O–H groups in total. The standard InChI is InChI=1S/C14H15BrN2O3S/c1-9-13(16)6-10(15)7-14(9)21(18,19)17-11-4-3-5-12(8-11)20-2/h3-8,17H,16H2,1-2H3. The third-order valence-corrected chi connectivity index (χ3v) is 4.94. The Balaban J connectivity index is 2.43. The minimum Gasteiger partial charge on any atom is -0.497 e. The Morgan fingerprint density at radius 2 is 1.95 bits per heavy atom. The number of nitrogen functional groups attached to an aromatic ring is 1. The molecule has 21 heavy (non-hydrogen) atoms. The number of hydrogen-bond acceptors (Lipinski definition) is 4. The summed E-state index contributed by atoms with van der Waals surface area (Å²) < 4.78 is 33.2. The second kappa shape index (κ2) is 5.95. The molecule has 5 nitrogen and oxygen atoms in total. The fraction of sp³-hybridized carbons (Fsp3) is 0.143. The van der Waals surface area contributed by atoms with Crippen molar-refractivity contribution in [2.24, 2.45) is 0 Å². The second-order valence-electron chi connectivity index (χ2n) is 4.46. The Bertz CT molecular complexity index is 776. The summed E-state index contributed by atoms with van der Waals surface area (Å²) in [7, 11) is -2.21. The lowest BCUT2D eigenvalue weighted by Crippen LogP contribution is -2.15. The summed E-state index contributed by atoms with van der Waals surface area (Å²) in [6.45, 7) is 1.67. The lowest BCUT2D eigenvalue weighted by Gasteiger charge is -2.13. The number of anilines is 2. The smallest absolute Gasteiger partial charge is 0.262 e. The largest absolute Gasteiger partial charge is 0.497 e.